The Hall–Kier alpha value is -0.830. The van der Waals surface area contributed by atoms with E-state index in [9.17, 15) is 4.79 Å². The summed E-state index contributed by atoms with van der Waals surface area (Å²) in [6.45, 7) is 2.99. The Bertz CT molecular complexity index is 365. The smallest absolute Gasteiger partial charge is 0.236 e. The monoisotopic (exact) mass is 281 g/mol. The molecule has 16 heavy (non-hydrogen) atoms. The molecule has 1 aromatic rings. The molecule has 0 bridgehead atoms. The molecular formula is C13H16BrNO. The van der Waals surface area contributed by atoms with Gasteiger partial charge in [0.2, 0.25) is 5.91 Å². The van der Waals surface area contributed by atoms with Gasteiger partial charge in [0.15, 0.2) is 0 Å². The number of rotatable bonds is 3. The fraction of sp³-hybridized carbons (Fsp3) is 0.462. The summed E-state index contributed by atoms with van der Waals surface area (Å²) < 4.78 is 0. The Kier molecular flexibility index (Phi) is 3.64. The lowest BCUT2D eigenvalue weighted by atomic mass is 10.0. The first-order chi connectivity index (χ1) is 7.74. The first-order valence-electron chi connectivity index (χ1n) is 5.73. The van der Waals surface area contributed by atoms with Crippen molar-refractivity contribution in [3.05, 3.63) is 35.9 Å². The van der Waals surface area contributed by atoms with E-state index < -0.39 is 0 Å². The van der Waals surface area contributed by atoms with E-state index in [-0.39, 0.29) is 16.8 Å². The van der Waals surface area contributed by atoms with E-state index in [1.165, 1.54) is 5.56 Å². The molecule has 0 spiro atoms. The number of alkyl halides is 1. The molecule has 2 nitrogen and oxygen atoms in total. The number of hydrogen-bond donors (Lipinski definition) is 0. The van der Waals surface area contributed by atoms with Gasteiger partial charge >= 0.3 is 0 Å². The van der Waals surface area contributed by atoms with Gasteiger partial charge in [0, 0.05) is 6.54 Å². The number of hydrogen-bond acceptors (Lipinski definition) is 1. The molecule has 2 unspecified atom stereocenters. The van der Waals surface area contributed by atoms with Gasteiger partial charge in [-0.15, -0.1) is 0 Å². The number of carbonyl (C=O) groups excluding carboxylic acids is 1. The summed E-state index contributed by atoms with van der Waals surface area (Å²) in [7, 11) is 0. The molecule has 1 fully saturated rings. The Morgan fingerprint density at radius 3 is 2.62 bits per heavy atom. The fourth-order valence-corrected chi connectivity index (χ4v) is 2.75. The van der Waals surface area contributed by atoms with Crippen molar-refractivity contribution in [2.75, 3.05) is 6.54 Å². The summed E-state index contributed by atoms with van der Waals surface area (Å²) in [6.07, 6.45) is 1.89. The molecule has 2 atom stereocenters. The lowest BCUT2D eigenvalue weighted by molar-refractivity contribution is -0.129. The molecule has 0 aromatic heterocycles. The lowest BCUT2D eigenvalue weighted by Gasteiger charge is -2.27. The highest BCUT2D eigenvalue weighted by molar-refractivity contribution is 9.10. The first kappa shape index (κ1) is 11.6. The quantitative estimate of drug-likeness (QED) is 0.780. The maximum absolute atomic E-state index is 12.0. The molecule has 1 aromatic carbocycles. The summed E-state index contributed by atoms with van der Waals surface area (Å²) >= 11 is 3.42. The van der Waals surface area contributed by atoms with Crippen LogP contribution < -0.4 is 0 Å². The van der Waals surface area contributed by atoms with Crippen molar-refractivity contribution in [3.8, 4) is 0 Å². The highest BCUT2D eigenvalue weighted by Crippen LogP contribution is 2.30. The van der Waals surface area contributed by atoms with Gasteiger partial charge in [-0.3, -0.25) is 4.79 Å². The Labute approximate surface area is 105 Å². The third kappa shape index (κ3) is 2.14. The Morgan fingerprint density at radius 1 is 1.44 bits per heavy atom. The molecule has 1 saturated heterocycles. The predicted octanol–water partition coefficient (Wildman–Crippen LogP) is 3.13. The SMILES string of the molecule is CCC(c1ccccc1)N1CCC(Br)C1=O. The maximum atomic E-state index is 12.0. The van der Waals surface area contributed by atoms with Crippen LogP contribution in [-0.2, 0) is 4.79 Å². The number of amides is 1. The average molecular weight is 282 g/mol. The third-order valence-corrected chi connectivity index (χ3v) is 3.97. The standard InChI is InChI=1S/C13H16BrNO/c1-2-12(10-6-4-3-5-7-10)15-9-8-11(14)13(15)16/h3-7,11-12H,2,8-9H2,1H3. The Balaban J connectivity index is 2.21. The summed E-state index contributed by atoms with van der Waals surface area (Å²) in [5, 5.41) is 0. The average Bonchev–Trinajstić information content (AvgIpc) is 2.64. The number of benzene rings is 1. The van der Waals surface area contributed by atoms with Crippen LogP contribution in [0.15, 0.2) is 30.3 Å². The maximum Gasteiger partial charge on any atom is 0.236 e. The summed E-state index contributed by atoms with van der Waals surface area (Å²) in [4.78, 5) is 14.0. The van der Waals surface area contributed by atoms with E-state index in [1.807, 2.05) is 23.1 Å². The Morgan fingerprint density at radius 2 is 2.12 bits per heavy atom. The van der Waals surface area contributed by atoms with Crippen molar-refractivity contribution in [1.29, 1.82) is 0 Å². The summed E-state index contributed by atoms with van der Waals surface area (Å²) in [6, 6.07) is 10.5. The van der Waals surface area contributed by atoms with E-state index >= 15 is 0 Å². The molecule has 0 radical (unpaired) electrons. The predicted molar refractivity (Wildman–Crippen MR) is 68.5 cm³/mol. The summed E-state index contributed by atoms with van der Waals surface area (Å²) in [5.41, 5.74) is 1.24. The van der Waals surface area contributed by atoms with Crippen LogP contribution in [0.2, 0.25) is 0 Å². The van der Waals surface area contributed by atoms with Crippen LogP contribution in [0.5, 0.6) is 0 Å². The van der Waals surface area contributed by atoms with Crippen LogP contribution in [0, 0.1) is 0 Å². The zero-order valence-corrected chi connectivity index (χ0v) is 11.0. The number of halogens is 1. The van der Waals surface area contributed by atoms with E-state index in [2.05, 4.69) is 35.0 Å². The second-order valence-corrected chi connectivity index (χ2v) is 5.23. The van der Waals surface area contributed by atoms with E-state index in [4.69, 9.17) is 0 Å². The minimum Gasteiger partial charge on any atom is -0.335 e. The topological polar surface area (TPSA) is 20.3 Å². The summed E-state index contributed by atoms with van der Waals surface area (Å²) in [5.74, 6) is 0.232. The van der Waals surface area contributed by atoms with Crippen LogP contribution >= 0.6 is 15.9 Å². The lowest BCUT2D eigenvalue weighted by Crippen LogP contribution is -2.31. The molecule has 3 heteroatoms. The van der Waals surface area contributed by atoms with E-state index in [0.717, 1.165) is 19.4 Å². The van der Waals surface area contributed by atoms with Gasteiger partial charge in [-0.25, -0.2) is 0 Å². The molecule has 0 aliphatic carbocycles. The highest BCUT2D eigenvalue weighted by atomic mass is 79.9. The van der Waals surface area contributed by atoms with Crippen LogP contribution in [0.3, 0.4) is 0 Å². The van der Waals surface area contributed by atoms with Gasteiger partial charge in [0.1, 0.15) is 0 Å². The van der Waals surface area contributed by atoms with Crippen LogP contribution in [0.4, 0.5) is 0 Å². The number of nitrogens with zero attached hydrogens (tertiary/aromatic N) is 1. The molecular weight excluding hydrogens is 266 g/mol. The molecule has 1 amide bonds. The number of likely N-dealkylation sites (tertiary alicyclic amines) is 1. The van der Waals surface area contributed by atoms with Gasteiger partial charge in [-0.1, -0.05) is 53.2 Å². The molecule has 86 valence electrons. The molecule has 2 rings (SSSR count). The second-order valence-electron chi connectivity index (χ2n) is 4.12. The highest BCUT2D eigenvalue weighted by Gasteiger charge is 2.33. The van der Waals surface area contributed by atoms with Gasteiger partial charge in [0.25, 0.3) is 0 Å². The minimum atomic E-state index is 0.0188. The molecule has 1 aliphatic rings. The molecule has 0 N–H and O–H groups in total. The van der Waals surface area contributed by atoms with Crippen molar-refractivity contribution < 1.29 is 4.79 Å². The molecule has 1 aliphatic heterocycles. The molecule has 0 saturated carbocycles. The normalized spacial score (nSPS) is 22.5. The fourth-order valence-electron chi connectivity index (χ4n) is 2.29. The third-order valence-electron chi connectivity index (χ3n) is 3.12. The zero-order valence-electron chi connectivity index (χ0n) is 9.40. The van der Waals surface area contributed by atoms with E-state index in [0.29, 0.717) is 0 Å². The minimum absolute atomic E-state index is 0.0188. The van der Waals surface area contributed by atoms with Gasteiger partial charge in [-0.2, -0.15) is 0 Å². The largest absolute Gasteiger partial charge is 0.335 e. The van der Waals surface area contributed by atoms with Crippen molar-refractivity contribution in [2.45, 2.75) is 30.6 Å². The zero-order chi connectivity index (χ0) is 11.5. The van der Waals surface area contributed by atoms with Gasteiger partial charge in [0.05, 0.1) is 10.9 Å². The molecule has 1 heterocycles. The van der Waals surface area contributed by atoms with Crippen molar-refractivity contribution in [2.24, 2.45) is 0 Å². The number of carbonyl (C=O) groups is 1. The van der Waals surface area contributed by atoms with Crippen molar-refractivity contribution in [3.63, 3.8) is 0 Å². The van der Waals surface area contributed by atoms with Gasteiger partial charge < -0.3 is 4.90 Å². The van der Waals surface area contributed by atoms with Crippen LogP contribution in [0.1, 0.15) is 31.4 Å². The van der Waals surface area contributed by atoms with Crippen LogP contribution in [0.25, 0.3) is 0 Å². The second kappa shape index (κ2) is 5.00. The van der Waals surface area contributed by atoms with E-state index in [1.54, 1.807) is 0 Å². The van der Waals surface area contributed by atoms with Crippen LogP contribution in [-0.4, -0.2) is 22.2 Å². The first-order valence-corrected chi connectivity index (χ1v) is 6.65. The van der Waals surface area contributed by atoms with Crippen molar-refractivity contribution in [1.82, 2.24) is 4.90 Å². The van der Waals surface area contributed by atoms with Crippen molar-refractivity contribution >= 4 is 21.8 Å². The van der Waals surface area contributed by atoms with Gasteiger partial charge in [-0.05, 0) is 18.4 Å².